The Morgan fingerprint density at radius 3 is 2.52 bits per heavy atom. The number of esters is 1. The number of methoxy groups -OCH3 is 1. The van der Waals surface area contributed by atoms with E-state index in [2.05, 4.69) is 24.1 Å². The smallest absolute Gasteiger partial charge is 0.326 e. The van der Waals surface area contributed by atoms with Crippen molar-refractivity contribution >= 4 is 5.97 Å². The van der Waals surface area contributed by atoms with Crippen LogP contribution in [0.4, 0.5) is 0 Å². The maximum absolute atomic E-state index is 12.4. The van der Waals surface area contributed by atoms with Crippen LogP contribution in [0.5, 0.6) is 0 Å². The fourth-order valence-corrected chi connectivity index (χ4v) is 3.87. The molecule has 2 unspecified atom stereocenters. The molecule has 3 rings (SSSR count). The van der Waals surface area contributed by atoms with Gasteiger partial charge in [0.05, 0.1) is 7.11 Å². The Kier molecular flexibility index (Phi) is 4.28. The normalized spacial score (nSPS) is 32.9. The van der Waals surface area contributed by atoms with Gasteiger partial charge in [0.2, 0.25) is 0 Å². The van der Waals surface area contributed by atoms with Crippen LogP contribution in [-0.2, 0) is 9.53 Å². The van der Waals surface area contributed by atoms with E-state index in [1.807, 2.05) is 0 Å². The average Bonchev–Trinajstić information content (AvgIpc) is 3.36. The molecule has 0 spiro atoms. The Bertz CT molecular complexity index is 390. The third-order valence-corrected chi connectivity index (χ3v) is 5.42. The van der Waals surface area contributed by atoms with Crippen molar-refractivity contribution in [3.05, 3.63) is 0 Å². The largest absolute Gasteiger partial charge is 0.468 e. The summed E-state index contributed by atoms with van der Waals surface area (Å²) in [5.74, 6) is 0.851. The van der Waals surface area contributed by atoms with Gasteiger partial charge in [0.1, 0.15) is 5.54 Å². The first-order valence-electron chi connectivity index (χ1n) is 8.66. The number of carbonyl (C=O) groups is 1. The standard InChI is InChI=1S/C17H30N2O2/c1-12(2)19(11-13-4-5-13)15-8-9-17(10-15,16(20)21-3)18-14-6-7-14/h12-15,18H,4-11H2,1-3H3. The molecule has 3 aliphatic rings. The minimum Gasteiger partial charge on any atom is -0.468 e. The van der Waals surface area contributed by atoms with Crippen LogP contribution in [0.15, 0.2) is 0 Å². The van der Waals surface area contributed by atoms with Gasteiger partial charge in [0.15, 0.2) is 0 Å². The van der Waals surface area contributed by atoms with E-state index in [-0.39, 0.29) is 5.97 Å². The van der Waals surface area contributed by atoms with Gasteiger partial charge in [-0.1, -0.05) is 0 Å². The summed E-state index contributed by atoms with van der Waals surface area (Å²) < 4.78 is 5.13. The minimum atomic E-state index is -0.419. The van der Waals surface area contributed by atoms with E-state index < -0.39 is 5.54 Å². The summed E-state index contributed by atoms with van der Waals surface area (Å²) in [4.78, 5) is 15.0. The first-order chi connectivity index (χ1) is 10.0. The van der Waals surface area contributed by atoms with Crippen LogP contribution in [0.1, 0.15) is 58.8 Å². The molecule has 0 radical (unpaired) electrons. The van der Waals surface area contributed by atoms with Crippen molar-refractivity contribution in [2.24, 2.45) is 5.92 Å². The highest BCUT2D eigenvalue weighted by Crippen LogP contribution is 2.39. The van der Waals surface area contributed by atoms with E-state index in [1.165, 1.54) is 39.3 Å². The molecular weight excluding hydrogens is 264 g/mol. The Hall–Kier alpha value is -0.610. The average molecular weight is 294 g/mol. The molecule has 0 saturated heterocycles. The minimum absolute atomic E-state index is 0.0490. The van der Waals surface area contributed by atoms with E-state index in [0.717, 1.165) is 25.2 Å². The zero-order valence-electron chi connectivity index (χ0n) is 13.7. The molecule has 1 N–H and O–H groups in total. The topological polar surface area (TPSA) is 41.6 Å². The Labute approximate surface area is 128 Å². The predicted molar refractivity (Wildman–Crippen MR) is 83.1 cm³/mol. The maximum atomic E-state index is 12.4. The van der Waals surface area contributed by atoms with Gasteiger partial charge in [-0.15, -0.1) is 0 Å². The number of ether oxygens (including phenoxy) is 1. The molecule has 0 heterocycles. The summed E-state index contributed by atoms with van der Waals surface area (Å²) >= 11 is 0. The molecular formula is C17H30N2O2. The molecule has 4 nitrogen and oxygen atoms in total. The van der Waals surface area contributed by atoms with E-state index in [9.17, 15) is 4.79 Å². The fraction of sp³-hybridized carbons (Fsp3) is 0.941. The van der Waals surface area contributed by atoms with Gasteiger partial charge in [-0.2, -0.15) is 0 Å². The second-order valence-corrected chi connectivity index (χ2v) is 7.62. The Morgan fingerprint density at radius 1 is 1.29 bits per heavy atom. The van der Waals surface area contributed by atoms with E-state index in [1.54, 1.807) is 0 Å². The molecule has 2 atom stereocenters. The number of rotatable bonds is 7. The van der Waals surface area contributed by atoms with E-state index in [0.29, 0.717) is 18.1 Å². The van der Waals surface area contributed by atoms with Crippen LogP contribution < -0.4 is 5.32 Å². The van der Waals surface area contributed by atoms with Gasteiger partial charge in [-0.3, -0.25) is 15.0 Å². The van der Waals surface area contributed by atoms with Crippen molar-refractivity contribution in [1.29, 1.82) is 0 Å². The lowest BCUT2D eigenvalue weighted by atomic mass is 9.96. The van der Waals surface area contributed by atoms with E-state index >= 15 is 0 Å². The van der Waals surface area contributed by atoms with Crippen molar-refractivity contribution in [1.82, 2.24) is 10.2 Å². The molecule has 21 heavy (non-hydrogen) atoms. The first kappa shape index (κ1) is 15.3. The number of hydrogen-bond acceptors (Lipinski definition) is 4. The van der Waals surface area contributed by atoms with Crippen molar-refractivity contribution in [2.75, 3.05) is 13.7 Å². The summed E-state index contributed by atoms with van der Waals surface area (Å²) in [6, 6.07) is 1.62. The third-order valence-electron chi connectivity index (χ3n) is 5.42. The van der Waals surface area contributed by atoms with Gasteiger partial charge < -0.3 is 4.74 Å². The van der Waals surface area contributed by atoms with Crippen LogP contribution in [0, 0.1) is 5.92 Å². The van der Waals surface area contributed by atoms with E-state index in [4.69, 9.17) is 4.74 Å². The molecule has 0 aromatic carbocycles. The highest BCUT2D eigenvalue weighted by molar-refractivity contribution is 5.81. The van der Waals surface area contributed by atoms with Gasteiger partial charge in [-0.05, 0) is 64.7 Å². The summed E-state index contributed by atoms with van der Waals surface area (Å²) in [5, 5.41) is 3.61. The van der Waals surface area contributed by atoms with Gasteiger partial charge >= 0.3 is 5.97 Å². The van der Waals surface area contributed by atoms with Crippen molar-refractivity contribution in [2.45, 2.75) is 82.5 Å². The molecule has 3 saturated carbocycles. The SMILES string of the molecule is COC(=O)C1(NC2CC2)CCC(N(CC2CC2)C(C)C)C1. The van der Waals surface area contributed by atoms with Crippen molar-refractivity contribution < 1.29 is 9.53 Å². The lowest BCUT2D eigenvalue weighted by molar-refractivity contribution is -0.148. The van der Waals surface area contributed by atoms with Gasteiger partial charge in [0, 0.05) is 24.7 Å². The molecule has 0 amide bonds. The zero-order chi connectivity index (χ0) is 15.0. The molecule has 3 fully saturated rings. The zero-order valence-corrected chi connectivity index (χ0v) is 13.7. The molecule has 120 valence electrons. The second kappa shape index (κ2) is 5.88. The summed E-state index contributed by atoms with van der Waals surface area (Å²) in [6.45, 7) is 5.78. The monoisotopic (exact) mass is 294 g/mol. The number of nitrogens with zero attached hydrogens (tertiary/aromatic N) is 1. The molecule has 0 aliphatic heterocycles. The van der Waals surface area contributed by atoms with Crippen LogP contribution in [-0.4, -0.2) is 48.2 Å². The quantitative estimate of drug-likeness (QED) is 0.732. The van der Waals surface area contributed by atoms with Gasteiger partial charge in [-0.25, -0.2) is 0 Å². The molecule has 0 bridgehead atoms. The molecule has 0 aromatic heterocycles. The molecule has 3 aliphatic carbocycles. The van der Waals surface area contributed by atoms with Crippen LogP contribution in [0.25, 0.3) is 0 Å². The number of hydrogen-bond donors (Lipinski definition) is 1. The summed E-state index contributed by atoms with van der Waals surface area (Å²) in [5.41, 5.74) is -0.419. The summed E-state index contributed by atoms with van der Waals surface area (Å²) in [6.07, 6.45) is 8.14. The van der Waals surface area contributed by atoms with Crippen molar-refractivity contribution in [3.63, 3.8) is 0 Å². The number of nitrogens with one attached hydrogen (secondary N) is 1. The van der Waals surface area contributed by atoms with Crippen LogP contribution >= 0.6 is 0 Å². The third kappa shape index (κ3) is 3.42. The lowest BCUT2D eigenvalue weighted by Gasteiger charge is -2.34. The summed E-state index contributed by atoms with van der Waals surface area (Å²) in [7, 11) is 1.52. The Morgan fingerprint density at radius 2 is 2.00 bits per heavy atom. The molecule has 0 aromatic rings. The maximum Gasteiger partial charge on any atom is 0.326 e. The highest BCUT2D eigenvalue weighted by atomic mass is 16.5. The van der Waals surface area contributed by atoms with Gasteiger partial charge in [0.25, 0.3) is 0 Å². The highest BCUT2D eigenvalue weighted by Gasteiger charge is 2.50. The number of carbonyl (C=O) groups excluding carboxylic acids is 1. The Balaban J connectivity index is 1.68. The van der Waals surface area contributed by atoms with Crippen LogP contribution in [0.3, 0.4) is 0 Å². The lowest BCUT2D eigenvalue weighted by Crippen LogP contribution is -2.53. The molecule has 4 heteroatoms. The first-order valence-corrected chi connectivity index (χ1v) is 8.66. The second-order valence-electron chi connectivity index (χ2n) is 7.62. The predicted octanol–water partition coefficient (Wildman–Crippen LogP) is 2.32. The van der Waals surface area contributed by atoms with Crippen LogP contribution in [0.2, 0.25) is 0 Å². The van der Waals surface area contributed by atoms with Crippen molar-refractivity contribution in [3.8, 4) is 0 Å². The fourth-order valence-electron chi connectivity index (χ4n) is 3.87.